The molecule has 2 N–H and O–H groups in total. The van der Waals surface area contributed by atoms with Gasteiger partial charge in [-0.15, -0.1) is 0 Å². The third-order valence-corrected chi connectivity index (χ3v) is 4.06. The van der Waals surface area contributed by atoms with Crippen LogP contribution >= 0.6 is 11.6 Å². The molecule has 0 bridgehead atoms. The summed E-state index contributed by atoms with van der Waals surface area (Å²) in [6.45, 7) is 3.69. The first kappa shape index (κ1) is 22.2. The fraction of sp³-hybridized carbons (Fsp3) is 0.300. The van der Waals surface area contributed by atoms with E-state index in [0.717, 1.165) is 0 Å². The van der Waals surface area contributed by atoms with Crippen LogP contribution in [0.3, 0.4) is 0 Å². The zero-order valence-corrected chi connectivity index (χ0v) is 17.5. The molecule has 156 valence electrons. The molecule has 0 saturated carbocycles. The third-order valence-electron chi connectivity index (χ3n) is 3.78. The number of benzene rings is 2. The zero-order valence-electron chi connectivity index (χ0n) is 16.8. The minimum Gasteiger partial charge on any atom is -0.493 e. The monoisotopic (exact) mass is 422 g/mol. The molecule has 2 aromatic carbocycles. The predicted molar refractivity (Wildman–Crippen MR) is 108 cm³/mol. The molecule has 0 spiro atoms. The van der Waals surface area contributed by atoms with Gasteiger partial charge < -0.3 is 18.9 Å². The Labute approximate surface area is 174 Å². The molecule has 0 unspecified atom stereocenters. The van der Waals surface area contributed by atoms with Crippen LogP contribution in [0.25, 0.3) is 0 Å². The van der Waals surface area contributed by atoms with Crippen molar-refractivity contribution in [3.8, 4) is 23.0 Å². The Hall–Kier alpha value is -3.13. The summed E-state index contributed by atoms with van der Waals surface area (Å²) in [5.41, 5.74) is 5.14. The molecule has 0 saturated heterocycles. The van der Waals surface area contributed by atoms with Crippen LogP contribution < -0.4 is 29.8 Å². The summed E-state index contributed by atoms with van der Waals surface area (Å²) in [5, 5.41) is 0.217. The van der Waals surface area contributed by atoms with Crippen molar-refractivity contribution in [3.05, 3.63) is 46.5 Å². The van der Waals surface area contributed by atoms with Gasteiger partial charge in [0.2, 0.25) is 0 Å². The SMILES string of the molecule is COc1ccc(C(=O)NNC(=O)c2cc(Cl)c(OC(C)C)c(OC)c2)cc1OC. The van der Waals surface area contributed by atoms with Crippen molar-refractivity contribution in [1.29, 1.82) is 0 Å². The number of ether oxygens (including phenoxy) is 4. The van der Waals surface area contributed by atoms with Crippen molar-refractivity contribution < 1.29 is 28.5 Å². The molecule has 0 aromatic heterocycles. The molecule has 2 rings (SSSR count). The van der Waals surface area contributed by atoms with E-state index in [2.05, 4.69) is 10.9 Å². The molecule has 2 aromatic rings. The molecule has 0 aliphatic heterocycles. The summed E-state index contributed by atoms with van der Waals surface area (Å²) in [7, 11) is 4.40. The highest BCUT2D eigenvalue weighted by atomic mass is 35.5. The van der Waals surface area contributed by atoms with E-state index in [-0.39, 0.29) is 22.3 Å². The lowest BCUT2D eigenvalue weighted by Gasteiger charge is -2.16. The number of methoxy groups -OCH3 is 3. The minimum absolute atomic E-state index is 0.123. The molecule has 2 amide bonds. The molecule has 9 heteroatoms. The van der Waals surface area contributed by atoms with E-state index < -0.39 is 11.8 Å². The Balaban J connectivity index is 2.12. The average molecular weight is 423 g/mol. The van der Waals surface area contributed by atoms with Crippen LogP contribution in [0.4, 0.5) is 0 Å². The molecule has 0 atom stereocenters. The Bertz CT molecular complexity index is 901. The molecule has 0 heterocycles. The number of halogens is 1. The van der Waals surface area contributed by atoms with E-state index in [9.17, 15) is 9.59 Å². The van der Waals surface area contributed by atoms with Gasteiger partial charge in [0, 0.05) is 11.1 Å². The highest BCUT2D eigenvalue weighted by Crippen LogP contribution is 2.37. The number of hydrogen-bond acceptors (Lipinski definition) is 6. The Morgan fingerprint density at radius 2 is 1.38 bits per heavy atom. The second-order valence-corrected chi connectivity index (χ2v) is 6.54. The van der Waals surface area contributed by atoms with Crippen LogP contribution in [0.2, 0.25) is 5.02 Å². The largest absolute Gasteiger partial charge is 0.493 e. The van der Waals surface area contributed by atoms with Crippen molar-refractivity contribution in [2.45, 2.75) is 20.0 Å². The smallest absolute Gasteiger partial charge is 0.269 e. The maximum atomic E-state index is 12.4. The molecule has 29 heavy (non-hydrogen) atoms. The average Bonchev–Trinajstić information content (AvgIpc) is 2.71. The standard InChI is InChI=1S/C20H23ClN2O6/c1-11(2)29-18-14(21)8-13(10-17(18)28-5)20(25)23-22-19(24)12-6-7-15(26-3)16(9-12)27-4/h6-11H,1-5H3,(H,22,24)(H,23,25). The van der Waals surface area contributed by atoms with Crippen molar-refractivity contribution in [2.75, 3.05) is 21.3 Å². The third kappa shape index (κ3) is 5.45. The van der Waals surface area contributed by atoms with Gasteiger partial charge >= 0.3 is 0 Å². The number of rotatable bonds is 7. The van der Waals surface area contributed by atoms with E-state index in [1.54, 1.807) is 12.1 Å². The number of hydrogen-bond donors (Lipinski definition) is 2. The molecule has 0 radical (unpaired) electrons. The minimum atomic E-state index is -0.574. The summed E-state index contributed by atoms with van der Waals surface area (Å²) in [5.74, 6) is 0.423. The van der Waals surface area contributed by atoms with Crippen LogP contribution in [0, 0.1) is 0 Å². The number of hydrazine groups is 1. The fourth-order valence-corrected chi connectivity index (χ4v) is 2.69. The number of nitrogens with one attached hydrogen (secondary N) is 2. The van der Waals surface area contributed by atoms with Crippen LogP contribution in [0.1, 0.15) is 34.6 Å². The van der Waals surface area contributed by atoms with E-state index in [4.69, 9.17) is 30.5 Å². The van der Waals surface area contributed by atoms with Gasteiger partial charge in [-0.2, -0.15) is 0 Å². The lowest BCUT2D eigenvalue weighted by molar-refractivity contribution is 0.0846. The van der Waals surface area contributed by atoms with Crippen molar-refractivity contribution in [3.63, 3.8) is 0 Å². The number of carbonyl (C=O) groups excluding carboxylic acids is 2. The Morgan fingerprint density at radius 3 is 1.93 bits per heavy atom. The summed E-state index contributed by atoms with van der Waals surface area (Å²) in [4.78, 5) is 24.8. The molecule has 0 aliphatic rings. The summed E-state index contributed by atoms with van der Waals surface area (Å²) in [6.07, 6.45) is -0.123. The molecule has 8 nitrogen and oxygen atoms in total. The molecule has 0 aliphatic carbocycles. The Kier molecular flexibility index (Phi) is 7.55. The first-order valence-corrected chi connectivity index (χ1v) is 9.05. The number of amides is 2. The van der Waals surface area contributed by atoms with Crippen molar-refractivity contribution in [2.24, 2.45) is 0 Å². The van der Waals surface area contributed by atoms with Crippen LogP contribution in [0.5, 0.6) is 23.0 Å². The lowest BCUT2D eigenvalue weighted by Crippen LogP contribution is -2.41. The molecule has 0 fully saturated rings. The van der Waals surface area contributed by atoms with Crippen molar-refractivity contribution >= 4 is 23.4 Å². The van der Waals surface area contributed by atoms with Gasteiger partial charge in [0.25, 0.3) is 11.8 Å². The zero-order chi connectivity index (χ0) is 21.6. The second kappa shape index (κ2) is 9.88. The van der Waals surface area contributed by atoms with Gasteiger partial charge in [0.1, 0.15) is 0 Å². The normalized spacial score (nSPS) is 10.3. The first-order valence-electron chi connectivity index (χ1n) is 8.67. The maximum absolute atomic E-state index is 12.4. The van der Waals surface area contributed by atoms with Crippen LogP contribution in [-0.2, 0) is 0 Å². The quantitative estimate of drug-likeness (QED) is 0.665. The summed E-state index contributed by atoms with van der Waals surface area (Å²) in [6, 6.07) is 7.54. The summed E-state index contributed by atoms with van der Waals surface area (Å²) < 4.78 is 21.2. The lowest BCUT2D eigenvalue weighted by atomic mass is 10.2. The summed E-state index contributed by atoms with van der Waals surface area (Å²) >= 11 is 6.22. The van der Waals surface area contributed by atoms with Gasteiger partial charge in [-0.25, -0.2) is 0 Å². The second-order valence-electron chi connectivity index (χ2n) is 6.13. The van der Waals surface area contributed by atoms with Gasteiger partial charge in [0.15, 0.2) is 23.0 Å². The van der Waals surface area contributed by atoms with E-state index in [0.29, 0.717) is 23.0 Å². The van der Waals surface area contributed by atoms with Crippen molar-refractivity contribution in [1.82, 2.24) is 10.9 Å². The maximum Gasteiger partial charge on any atom is 0.269 e. The highest BCUT2D eigenvalue weighted by molar-refractivity contribution is 6.32. The van der Waals surface area contributed by atoms with Gasteiger partial charge in [-0.05, 0) is 44.2 Å². The molecular formula is C20H23ClN2O6. The molecular weight excluding hydrogens is 400 g/mol. The van der Waals surface area contributed by atoms with Gasteiger partial charge in [-0.1, -0.05) is 11.6 Å². The van der Waals surface area contributed by atoms with Crippen LogP contribution in [-0.4, -0.2) is 39.2 Å². The number of carbonyl (C=O) groups is 2. The predicted octanol–water partition coefficient (Wildman–Crippen LogP) is 3.23. The van der Waals surface area contributed by atoms with E-state index >= 15 is 0 Å². The highest BCUT2D eigenvalue weighted by Gasteiger charge is 2.18. The fourth-order valence-electron chi connectivity index (χ4n) is 2.44. The van der Waals surface area contributed by atoms with Gasteiger partial charge in [-0.3, -0.25) is 20.4 Å². The first-order chi connectivity index (χ1) is 13.8. The van der Waals surface area contributed by atoms with Gasteiger partial charge in [0.05, 0.1) is 32.5 Å². The van der Waals surface area contributed by atoms with E-state index in [1.165, 1.54) is 39.5 Å². The van der Waals surface area contributed by atoms with E-state index in [1.807, 2.05) is 13.8 Å². The topological polar surface area (TPSA) is 95.1 Å². The van der Waals surface area contributed by atoms with Crippen LogP contribution in [0.15, 0.2) is 30.3 Å². The Morgan fingerprint density at radius 1 is 0.828 bits per heavy atom.